The molecular formula is C20H27N3O4S. The number of aliphatic hydroxyl groups excluding tert-OH is 1. The Balaban J connectivity index is 2.15. The van der Waals surface area contributed by atoms with Crippen molar-refractivity contribution >= 4 is 27.3 Å². The van der Waals surface area contributed by atoms with Crippen LogP contribution in [-0.4, -0.2) is 57.0 Å². The monoisotopic (exact) mass is 405 g/mol. The van der Waals surface area contributed by atoms with Gasteiger partial charge in [-0.25, -0.2) is 12.7 Å². The van der Waals surface area contributed by atoms with Crippen molar-refractivity contribution in [3.63, 3.8) is 0 Å². The maximum Gasteiger partial charge on any atom is 0.243 e. The first kappa shape index (κ1) is 21.9. The summed E-state index contributed by atoms with van der Waals surface area (Å²) < 4.78 is 25.7. The molecule has 152 valence electrons. The van der Waals surface area contributed by atoms with Crippen LogP contribution in [-0.2, 0) is 14.8 Å². The van der Waals surface area contributed by atoms with Crippen molar-refractivity contribution in [2.24, 2.45) is 0 Å². The van der Waals surface area contributed by atoms with Crippen LogP contribution in [0.2, 0.25) is 0 Å². The summed E-state index contributed by atoms with van der Waals surface area (Å²) in [6, 6.07) is 15.5. The van der Waals surface area contributed by atoms with Crippen molar-refractivity contribution < 1.29 is 18.3 Å². The summed E-state index contributed by atoms with van der Waals surface area (Å²) in [4.78, 5) is 14.5. The van der Waals surface area contributed by atoms with Crippen LogP contribution in [0.15, 0.2) is 59.5 Å². The first-order valence-corrected chi connectivity index (χ1v) is 10.5. The fourth-order valence-corrected chi connectivity index (χ4v) is 3.55. The number of nitrogens with one attached hydrogen (secondary N) is 1. The molecule has 0 radical (unpaired) electrons. The van der Waals surface area contributed by atoms with Gasteiger partial charge in [0, 0.05) is 32.0 Å². The van der Waals surface area contributed by atoms with Gasteiger partial charge in [0.25, 0.3) is 0 Å². The van der Waals surface area contributed by atoms with Gasteiger partial charge in [0.05, 0.1) is 17.5 Å². The summed E-state index contributed by atoms with van der Waals surface area (Å²) in [7, 11) is -0.671. The van der Waals surface area contributed by atoms with E-state index in [0.717, 1.165) is 9.99 Å². The van der Waals surface area contributed by atoms with Gasteiger partial charge in [-0.3, -0.25) is 4.79 Å². The molecule has 8 heteroatoms. The lowest BCUT2D eigenvalue weighted by Crippen LogP contribution is -2.38. The smallest absolute Gasteiger partial charge is 0.243 e. The summed E-state index contributed by atoms with van der Waals surface area (Å²) in [6.45, 7) is 2.24. The third-order valence-electron chi connectivity index (χ3n) is 4.25. The van der Waals surface area contributed by atoms with E-state index >= 15 is 0 Å². The Morgan fingerprint density at radius 3 is 2.39 bits per heavy atom. The summed E-state index contributed by atoms with van der Waals surface area (Å²) in [6.07, 6.45) is 0.0247. The Kier molecular flexibility index (Phi) is 7.56. The number of carbonyl (C=O) groups excluding carboxylic acids is 1. The first-order valence-electron chi connectivity index (χ1n) is 9.04. The Hall–Kier alpha value is -2.42. The van der Waals surface area contributed by atoms with Crippen molar-refractivity contribution in [2.75, 3.05) is 37.4 Å². The number of anilines is 2. The van der Waals surface area contributed by atoms with Crippen molar-refractivity contribution in [3.8, 4) is 0 Å². The number of para-hydroxylation sites is 1. The molecule has 2 N–H and O–H groups in total. The first-order chi connectivity index (χ1) is 13.2. The van der Waals surface area contributed by atoms with E-state index in [-0.39, 0.29) is 17.3 Å². The van der Waals surface area contributed by atoms with Gasteiger partial charge < -0.3 is 15.3 Å². The number of hydrogen-bond acceptors (Lipinski definition) is 5. The molecule has 0 saturated heterocycles. The lowest BCUT2D eigenvalue weighted by Gasteiger charge is -2.26. The van der Waals surface area contributed by atoms with Gasteiger partial charge in [0.15, 0.2) is 0 Å². The van der Waals surface area contributed by atoms with Crippen LogP contribution in [0.5, 0.6) is 0 Å². The highest BCUT2D eigenvalue weighted by Crippen LogP contribution is 2.19. The molecule has 28 heavy (non-hydrogen) atoms. The van der Waals surface area contributed by atoms with Crippen LogP contribution in [0, 0.1) is 0 Å². The van der Waals surface area contributed by atoms with E-state index in [1.165, 1.54) is 26.2 Å². The number of nitrogens with zero attached hydrogens (tertiary/aromatic N) is 2. The maximum absolute atomic E-state index is 12.6. The average molecular weight is 406 g/mol. The third-order valence-corrected chi connectivity index (χ3v) is 6.07. The third kappa shape index (κ3) is 5.79. The fourth-order valence-electron chi connectivity index (χ4n) is 2.60. The van der Waals surface area contributed by atoms with Gasteiger partial charge in [0.1, 0.15) is 0 Å². The minimum atomic E-state index is -3.58. The molecule has 2 aromatic rings. The van der Waals surface area contributed by atoms with Crippen molar-refractivity contribution in [3.05, 3.63) is 54.6 Å². The van der Waals surface area contributed by atoms with Crippen LogP contribution in [0.25, 0.3) is 0 Å². The molecule has 0 bridgehead atoms. The number of aliphatic hydroxyl groups is 1. The number of amides is 1. The van der Waals surface area contributed by atoms with Crippen molar-refractivity contribution in [1.29, 1.82) is 0 Å². The second-order valence-corrected chi connectivity index (χ2v) is 8.79. The molecule has 0 fully saturated rings. The minimum absolute atomic E-state index is 0.0335. The molecule has 0 aromatic heterocycles. The number of rotatable bonds is 9. The van der Waals surface area contributed by atoms with E-state index in [0.29, 0.717) is 18.7 Å². The van der Waals surface area contributed by atoms with Gasteiger partial charge in [-0.2, -0.15) is 0 Å². The largest absolute Gasteiger partial charge is 0.391 e. The summed E-state index contributed by atoms with van der Waals surface area (Å²) >= 11 is 0. The van der Waals surface area contributed by atoms with Gasteiger partial charge >= 0.3 is 0 Å². The molecule has 1 atom stereocenters. The van der Waals surface area contributed by atoms with Gasteiger partial charge in [-0.05, 0) is 36.8 Å². The quantitative estimate of drug-likeness (QED) is 0.667. The zero-order valence-electron chi connectivity index (χ0n) is 16.4. The molecule has 2 aromatic carbocycles. The van der Waals surface area contributed by atoms with Gasteiger partial charge in [0.2, 0.25) is 15.9 Å². The molecule has 0 aliphatic carbocycles. The Bertz CT molecular complexity index is 885. The molecule has 0 aliphatic heterocycles. The molecule has 1 amide bonds. The second-order valence-electron chi connectivity index (χ2n) is 6.64. The van der Waals surface area contributed by atoms with Crippen LogP contribution in [0.1, 0.15) is 13.3 Å². The molecule has 0 aliphatic rings. The molecule has 0 heterocycles. The van der Waals surface area contributed by atoms with E-state index < -0.39 is 16.1 Å². The molecular weight excluding hydrogens is 378 g/mol. The van der Waals surface area contributed by atoms with Crippen LogP contribution in [0.3, 0.4) is 0 Å². The lowest BCUT2D eigenvalue weighted by atomic mass is 10.2. The minimum Gasteiger partial charge on any atom is -0.391 e. The van der Waals surface area contributed by atoms with Gasteiger partial charge in [-0.1, -0.05) is 31.2 Å². The summed E-state index contributed by atoms with van der Waals surface area (Å²) in [5, 5.41) is 12.8. The average Bonchev–Trinajstić information content (AvgIpc) is 2.68. The number of carbonyl (C=O) groups is 1. The van der Waals surface area contributed by atoms with E-state index in [2.05, 4.69) is 5.32 Å². The highest BCUT2D eigenvalue weighted by Gasteiger charge is 2.19. The van der Waals surface area contributed by atoms with E-state index in [4.69, 9.17) is 0 Å². The maximum atomic E-state index is 12.6. The molecule has 2 rings (SSSR count). The Morgan fingerprint density at radius 2 is 1.79 bits per heavy atom. The zero-order chi connectivity index (χ0) is 20.7. The topological polar surface area (TPSA) is 90.0 Å². The second kappa shape index (κ2) is 9.68. The Morgan fingerprint density at radius 1 is 1.11 bits per heavy atom. The summed E-state index contributed by atoms with van der Waals surface area (Å²) in [5.41, 5.74) is 1.23. The highest BCUT2D eigenvalue weighted by atomic mass is 32.2. The summed E-state index contributed by atoms with van der Waals surface area (Å²) in [5.74, 6) is -0.299. The zero-order valence-corrected chi connectivity index (χ0v) is 17.2. The van der Waals surface area contributed by atoms with E-state index in [1.54, 1.807) is 17.0 Å². The number of hydrogen-bond donors (Lipinski definition) is 2. The molecule has 0 saturated carbocycles. The highest BCUT2D eigenvalue weighted by molar-refractivity contribution is 7.89. The normalized spacial score (nSPS) is 12.6. The van der Waals surface area contributed by atoms with Crippen molar-refractivity contribution in [1.82, 2.24) is 4.31 Å². The molecule has 1 unspecified atom stereocenters. The predicted molar refractivity (Wildman–Crippen MR) is 111 cm³/mol. The lowest BCUT2D eigenvalue weighted by molar-refractivity contribution is -0.115. The molecule has 7 nitrogen and oxygen atoms in total. The standard InChI is InChI=1S/C20H27N3O4S/c1-4-18(24)14-23(17-10-6-5-7-11-17)15-20(25)21-16-9-8-12-19(13-16)28(26,27)22(2)3/h5-13,18,24H,4,14-15H2,1-3H3,(H,21,25). The molecule has 0 spiro atoms. The Labute approximate surface area is 166 Å². The SMILES string of the molecule is CCC(O)CN(CC(=O)Nc1cccc(S(=O)(=O)N(C)C)c1)c1ccccc1. The van der Waals surface area contributed by atoms with Crippen molar-refractivity contribution in [2.45, 2.75) is 24.3 Å². The van der Waals surface area contributed by atoms with Crippen LogP contribution >= 0.6 is 0 Å². The number of sulfonamides is 1. The number of benzene rings is 2. The van der Waals surface area contributed by atoms with Crippen LogP contribution in [0.4, 0.5) is 11.4 Å². The van der Waals surface area contributed by atoms with Gasteiger partial charge in [-0.15, -0.1) is 0 Å². The predicted octanol–water partition coefficient (Wildman–Crippen LogP) is 2.15. The van der Waals surface area contributed by atoms with E-state index in [1.807, 2.05) is 37.3 Å². The van der Waals surface area contributed by atoms with E-state index in [9.17, 15) is 18.3 Å². The fraction of sp³-hybridized carbons (Fsp3) is 0.350. The van der Waals surface area contributed by atoms with Crippen LogP contribution < -0.4 is 10.2 Å².